The number of hydrogen-bond acceptors (Lipinski definition) is 6. The first-order valence-corrected chi connectivity index (χ1v) is 28.5. The predicted octanol–water partition coefficient (Wildman–Crippen LogP) is 18.8. The van der Waals surface area contributed by atoms with Gasteiger partial charge >= 0.3 is 17.9 Å². The second-order valence-corrected chi connectivity index (χ2v) is 19.6. The van der Waals surface area contributed by atoms with Gasteiger partial charge in [-0.2, -0.15) is 0 Å². The number of ether oxygens (including phenoxy) is 3. The Morgan fingerprint density at radius 3 is 0.635 bits per heavy atom. The molecule has 0 saturated carbocycles. The molecule has 0 spiro atoms. The highest BCUT2D eigenvalue weighted by molar-refractivity contribution is 5.71. The molecule has 0 aliphatic heterocycles. The molecule has 0 saturated heterocycles. The van der Waals surface area contributed by atoms with Gasteiger partial charge in [-0.15, -0.1) is 0 Å². The normalized spacial score (nSPS) is 11.9. The fourth-order valence-electron chi connectivity index (χ4n) is 8.80. The molecule has 6 heteroatoms. The summed E-state index contributed by atoms with van der Waals surface area (Å²) in [7, 11) is 0. The minimum absolute atomic E-state index is 0.0611. The van der Waals surface area contributed by atoms with Gasteiger partial charge in [-0.1, -0.05) is 290 Å². The third kappa shape index (κ3) is 51.3. The molecule has 0 radical (unpaired) electrons. The molecule has 0 aromatic heterocycles. The SMILES string of the molecule is CCCCCCCCCCCCCCCCCCC(=O)O[C@@H](COC(=O)CCCCCCCCCCCCCCCC)COC(=O)CCCCCCCCCCCCCCCCC. The van der Waals surface area contributed by atoms with Crippen LogP contribution in [0.15, 0.2) is 0 Å². The molecule has 0 fully saturated rings. The molecular weight excluding hydrogens is 781 g/mol. The van der Waals surface area contributed by atoms with Crippen molar-refractivity contribution in [3.8, 4) is 0 Å². The molecular formula is C57H110O6. The number of rotatable bonds is 53. The summed E-state index contributed by atoms with van der Waals surface area (Å²) in [5, 5.41) is 0. The van der Waals surface area contributed by atoms with E-state index in [4.69, 9.17) is 14.2 Å². The summed E-state index contributed by atoms with van der Waals surface area (Å²) in [6, 6.07) is 0. The molecule has 374 valence electrons. The largest absolute Gasteiger partial charge is 0.462 e. The van der Waals surface area contributed by atoms with E-state index in [0.29, 0.717) is 19.3 Å². The van der Waals surface area contributed by atoms with Gasteiger partial charge in [0, 0.05) is 19.3 Å². The third-order valence-electron chi connectivity index (χ3n) is 13.1. The summed E-state index contributed by atoms with van der Waals surface area (Å²) < 4.78 is 16.9. The smallest absolute Gasteiger partial charge is 0.306 e. The second-order valence-electron chi connectivity index (χ2n) is 19.6. The number of esters is 3. The molecule has 0 aliphatic rings. The van der Waals surface area contributed by atoms with Crippen LogP contribution in [0.25, 0.3) is 0 Å². The fraction of sp³-hybridized carbons (Fsp3) is 0.947. The van der Waals surface area contributed by atoms with Gasteiger partial charge in [0.15, 0.2) is 6.10 Å². The molecule has 0 N–H and O–H groups in total. The van der Waals surface area contributed by atoms with Gasteiger partial charge < -0.3 is 14.2 Å². The Bertz CT molecular complexity index is 936. The van der Waals surface area contributed by atoms with Crippen molar-refractivity contribution in [3.63, 3.8) is 0 Å². The van der Waals surface area contributed by atoms with Crippen molar-refractivity contribution in [2.75, 3.05) is 13.2 Å². The fourth-order valence-corrected chi connectivity index (χ4v) is 8.80. The number of hydrogen-bond donors (Lipinski definition) is 0. The maximum absolute atomic E-state index is 12.8. The average molecular weight is 892 g/mol. The summed E-state index contributed by atoms with van der Waals surface area (Å²) >= 11 is 0. The van der Waals surface area contributed by atoms with Crippen molar-refractivity contribution in [1.82, 2.24) is 0 Å². The Labute approximate surface area is 393 Å². The molecule has 0 amide bonds. The van der Waals surface area contributed by atoms with Crippen molar-refractivity contribution in [2.24, 2.45) is 0 Å². The second kappa shape index (κ2) is 53.0. The molecule has 0 aromatic rings. The van der Waals surface area contributed by atoms with Crippen LogP contribution in [0.5, 0.6) is 0 Å². The van der Waals surface area contributed by atoms with E-state index in [1.54, 1.807) is 0 Å². The molecule has 0 unspecified atom stereocenters. The van der Waals surface area contributed by atoms with Gasteiger partial charge in [0.1, 0.15) is 13.2 Å². The van der Waals surface area contributed by atoms with Crippen LogP contribution >= 0.6 is 0 Å². The summed E-state index contributed by atoms with van der Waals surface area (Å²) in [5.74, 6) is -0.832. The molecule has 0 rings (SSSR count). The van der Waals surface area contributed by atoms with Crippen LogP contribution in [0.2, 0.25) is 0 Å². The molecule has 0 aliphatic carbocycles. The zero-order valence-corrected chi connectivity index (χ0v) is 42.9. The lowest BCUT2D eigenvalue weighted by atomic mass is 10.0. The van der Waals surface area contributed by atoms with Crippen LogP contribution in [0.4, 0.5) is 0 Å². The standard InChI is InChI=1S/C57H110O6/c1-4-7-10-13-16-19-22-25-28-30-33-36-39-42-45-48-51-57(60)63-54(52-61-55(58)49-46-43-40-37-34-31-27-24-21-18-15-12-9-6-3)53-62-56(59)50-47-44-41-38-35-32-29-26-23-20-17-14-11-8-5-2/h54H,4-53H2,1-3H3/t54-/m0/s1. The first-order valence-electron chi connectivity index (χ1n) is 28.5. The Kier molecular flexibility index (Phi) is 51.7. The van der Waals surface area contributed by atoms with E-state index in [9.17, 15) is 14.4 Å². The first-order chi connectivity index (χ1) is 31.0. The van der Waals surface area contributed by atoms with E-state index in [2.05, 4.69) is 20.8 Å². The molecule has 63 heavy (non-hydrogen) atoms. The van der Waals surface area contributed by atoms with Gasteiger partial charge in [0.25, 0.3) is 0 Å². The molecule has 6 nitrogen and oxygen atoms in total. The molecule has 0 aromatic carbocycles. The average Bonchev–Trinajstić information content (AvgIpc) is 3.28. The molecule has 0 bridgehead atoms. The highest BCUT2D eigenvalue weighted by Crippen LogP contribution is 2.17. The van der Waals surface area contributed by atoms with Gasteiger partial charge in [0.2, 0.25) is 0 Å². The van der Waals surface area contributed by atoms with Crippen LogP contribution in [0.1, 0.15) is 329 Å². The predicted molar refractivity (Wildman–Crippen MR) is 270 cm³/mol. The van der Waals surface area contributed by atoms with Gasteiger partial charge in [-0.3, -0.25) is 14.4 Å². The summed E-state index contributed by atoms with van der Waals surface area (Å²) in [4.78, 5) is 38.1. The van der Waals surface area contributed by atoms with Crippen molar-refractivity contribution in [3.05, 3.63) is 0 Å². The minimum atomic E-state index is -0.760. The number of unbranched alkanes of at least 4 members (excludes halogenated alkanes) is 42. The lowest BCUT2D eigenvalue weighted by Crippen LogP contribution is -2.30. The maximum Gasteiger partial charge on any atom is 0.306 e. The first kappa shape index (κ1) is 61.4. The Balaban J connectivity index is 4.30. The highest BCUT2D eigenvalue weighted by atomic mass is 16.6. The number of carbonyl (C=O) groups is 3. The van der Waals surface area contributed by atoms with Crippen molar-refractivity contribution in [1.29, 1.82) is 0 Å². The topological polar surface area (TPSA) is 78.9 Å². The van der Waals surface area contributed by atoms with Crippen LogP contribution in [-0.2, 0) is 28.6 Å². The lowest BCUT2D eigenvalue weighted by molar-refractivity contribution is -0.167. The van der Waals surface area contributed by atoms with E-state index in [1.807, 2.05) is 0 Å². The molecule has 1 atom stereocenters. The van der Waals surface area contributed by atoms with E-state index in [0.717, 1.165) is 57.8 Å². The summed E-state index contributed by atoms with van der Waals surface area (Å²) in [6.45, 7) is 6.71. The van der Waals surface area contributed by atoms with Gasteiger partial charge in [0.05, 0.1) is 0 Å². The van der Waals surface area contributed by atoms with Crippen molar-refractivity contribution in [2.45, 2.75) is 335 Å². The number of carbonyl (C=O) groups excluding carboxylic acids is 3. The quantitative estimate of drug-likeness (QED) is 0.0344. The van der Waals surface area contributed by atoms with Crippen LogP contribution in [0.3, 0.4) is 0 Å². The highest BCUT2D eigenvalue weighted by Gasteiger charge is 2.19. The van der Waals surface area contributed by atoms with E-state index >= 15 is 0 Å². The minimum Gasteiger partial charge on any atom is -0.462 e. The lowest BCUT2D eigenvalue weighted by Gasteiger charge is -2.18. The van der Waals surface area contributed by atoms with Crippen molar-refractivity contribution < 1.29 is 28.6 Å². The Hall–Kier alpha value is -1.59. The molecule has 0 heterocycles. The van der Waals surface area contributed by atoms with Crippen LogP contribution in [0, 0.1) is 0 Å². The van der Waals surface area contributed by atoms with E-state index in [1.165, 1.54) is 231 Å². The third-order valence-corrected chi connectivity index (χ3v) is 13.1. The van der Waals surface area contributed by atoms with E-state index < -0.39 is 6.10 Å². The summed E-state index contributed by atoms with van der Waals surface area (Å²) in [6.07, 6.45) is 58.0. The zero-order valence-electron chi connectivity index (χ0n) is 42.9. The van der Waals surface area contributed by atoms with Gasteiger partial charge in [-0.05, 0) is 19.3 Å². The van der Waals surface area contributed by atoms with E-state index in [-0.39, 0.29) is 31.1 Å². The Morgan fingerprint density at radius 1 is 0.254 bits per heavy atom. The monoisotopic (exact) mass is 891 g/mol. The van der Waals surface area contributed by atoms with Crippen LogP contribution < -0.4 is 0 Å². The maximum atomic E-state index is 12.8. The van der Waals surface area contributed by atoms with Crippen LogP contribution in [-0.4, -0.2) is 37.2 Å². The summed E-state index contributed by atoms with van der Waals surface area (Å²) in [5.41, 5.74) is 0. The van der Waals surface area contributed by atoms with Crippen molar-refractivity contribution >= 4 is 17.9 Å². The Morgan fingerprint density at radius 2 is 0.429 bits per heavy atom. The zero-order chi connectivity index (χ0) is 45.8. The van der Waals surface area contributed by atoms with Gasteiger partial charge in [-0.25, -0.2) is 0 Å².